The standard InChI is InChI=1S/C7H6F3N3OS/c1-15(14)13-4-5-2-11-6(12-3-5)7(8,9)10/h2-4H,1H3. The molecule has 1 aromatic heterocycles. The number of hydrogen-bond acceptors (Lipinski definition) is 4. The first-order chi connectivity index (χ1) is 6.89. The minimum absolute atomic E-state index is 0.262. The zero-order chi connectivity index (χ0) is 11.5. The van der Waals surface area contributed by atoms with E-state index in [0.29, 0.717) is 0 Å². The van der Waals surface area contributed by atoms with E-state index >= 15 is 0 Å². The first-order valence-electron chi connectivity index (χ1n) is 3.66. The van der Waals surface area contributed by atoms with E-state index in [2.05, 4.69) is 14.4 Å². The molecule has 0 radical (unpaired) electrons. The lowest BCUT2D eigenvalue weighted by molar-refractivity contribution is -0.145. The summed E-state index contributed by atoms with van der Waals surface area (Å²) in [6, 6.07) is 0. The molecule has 1 unspecified atom stereocenters. The molecule has 1 aromatic rings. The van der Waals surface area contributed by atoms with Gasteiger partial charge in [-0.3, -0.25) is 0 Å². The topological polar surface area (TPSA) is 61.2 Å². The molecule has 0 saturated carbocycles. The Hall–Kier alpha value is -1.15. The van der Waals surface area contributed by atoms with Gasteiger partial charge in [0.15, 0.2) is 0 Å². The van der Waals surface area contributed by atoms with Gasteiger partial charge in [-0.1, -0.05) is 4.40 Å². The van der Waals surface area contributed by atoms with E-state index in [0.717, 1.165) is 18.6 Å². The third-order valence-corrected chi connectivity index (χ3v) is 1.68. The van der Waals surface area contributed by atoms with Gasteiger partial charge in [0.1, 0.15) is 6.26 Å². The van der Waals surface area contributed by atoms with Crippen molar-refractivity contribution in [1.29, 1.82) is 0 Å². The molecular formula is C7H6F3N3OS. The van der Waals surface area contributed by atoms with E-state index in [-0.39, 0.29) is 5.56 Å². The van der Waals surface area contributed by atoms with E-state index < -0.39 is 23.4 Å². The number of rotatable bonds is 2. The van der Waals surface area contributed by atoms with Crippen molar-refractivity contribution in [3.8, 4) is 0 Å². The molecule has 0 aliphatic carbocycles. The van der Waals surface area contributed by atoms with Crippen LogP contribution in [0.2, 0.25) is 0 Å². The van der Waals surface area contributed by atoms with Gasteiger partial charge in [-0.25, -0.2) is 9.97 Å². The second-order valence-corrected chi connectivity index (χ2v) is 3.55. The minimum Gasteiger partial charge on any atom is -0.592 e. The average Bonchev–Trinajstić information content (AvgIpc) is 2.14. The summed E-state index contributed by atoms with van der Waals surface area (Å²) in [5.41, 5.74) is 0.262. The summed E-state index contributed by atoms with van der Waals surface area (Å²) in [6.45, 7) is 0. The average molecular weight is 237 g/mol. The van der Waals surface area contributed by atoms with Crippen molar-refractivity contribution in [1.82, 2.24) is 9.97 Å². The van der Waals surface area contributed by atoms with Crippen LogP contribution >= 0.6 is 0 Å². The lowest BCUT2D eigenvalue weighted by Crippen LogP contribution is -2.10. The van der Waals surface area contributed by atoms with Crippen molar-refractivity contribution in [3.05, 3.63) is 23.8 Å². The summed E-state index contributed by atoms with van der Waals surface area (Å²) in [6.07, 6.45) is -0.140. The molecule has 82 valence electrons. The Kier molecular flexibility index (Phi) is 3.64. The number of halogens is 3. The fraction of sp³-hybridized carbons (Fsp3) is 0.286. The van der Waals surface area contributed by atoms with Crippen LogP contribution in [0.15, 0.2) is 16.8 Å². The molecule has 0 saturated heterocycles. The summed E-state index contributed by atoms with van der Waals surface area (Å²) in [7, 11) is 0. The minimum atomic E-state index is -4.55. The molecule has 15 heavy (non-hydrogen) atoms. The fourth-order valence-corrected chi connectivity index (χ4v) is 0.956. The van der Waals surface area contributed by atoms with Crippen molar-refractivity contribution in [2.24, 2.45) is 4.40 Å². The lowest BCUT2D eigenvalue weighted by atomic mass is 10.4. The fourth-order valence-electron chi connectivity index (χ4n) is 0.686. The highest BCUT2D eigenvalue weighted by atomic mass is 32.2. The van der Waals surface area contributed by atoms with Gasteiger partial charge in [0.05, 0.1) is 17.6 Å². The van der Waals surface area contributed by atoms with E-state index in [1.165, 1.54) is 6.26 Å². The first-order valence-corrected chi connectivity index (χ1v) is 5.18. The predicted octanol–water partition coefficient (Wildman–Crippen LogP) is 1.21. The van der Waals surface area contributed by atoms with Gasteiger partial charge in [-0.05, 0) is 0 Å². The Bertz CT molecular complexity index is 349. The normalized spacial score (nSPS) is 14.5. The largest absolute Gasteiger partial charge is 0.592 e. The Morgan fingerprint density at radius 3 is 2.33 bits per heavy atom. The third kappa shape index (κ3) is 3.84. The van der Waals surface area contributed by atoms with Gasteiger partial charge in [-0.15, -0.1) is 0 Å². The van der Waals surface area contributed by atoms with E-state index in [4.69, 9.17) is 0 Å². The van der Waals surface area contributed by atoms with Gasteiger partial charge in [0, 0.05) is 18.0 Å². The molecule has 1 atom stereocenters. The van der Waals surface area contributed by atoms with Crippen LogP contribution in [-0.4, -0.2) is 27.0 Å². The Labute approximate surface area is 86.6 Å². The van der Waals surface area contributed by atoms with Crippen molar-refractivity contribution in [2.75, 3.05) is 6.26 Å². The number of aromatic nitrogens is 2. The molecular weight excluding hydrogens is 231 g/mol. The van der Waals surface area contributed by atoms with E-state index in [9.17, 15) is 17.7 Å². The molecule has 0 aliphatic rings. The maximum Gasteiger partial charge on any atom is 0.451 e. The molecule has 0 N–H and O–H groups in total. The van der Waals surface area contributed by atoms with Crippen LogP contribution in [0.3, 0.4) is 0 Å². The number of hydrogen-bond donors (Lipinski definition) is 0. The molecule has 1 heterocycles. The molecule has 0 aliphatic heterocycles. The van der Waals surface area contributed by atoms with Gasteiger partial charge in [0.2, 0.25) is 5.82 Å². The van der Waals surface area contributed by atoms with Gasteiger partial charge >= 0.3 is 6.18 Å². The molecule has 1 rings (SSSR count). The quantitative estimate of drug-likeness (QED) is 0.573. The van der Waals surface area contributed by atoms with Crippen LogP contribution in [-0.2, 0) is 17.5 Å². The Morgan fingerprint density at radius 2 is 1.93 bits per heavy atom. The van der Waals surface area contributed by atoms with Crippen molar-refractivity contribution >= 4 is 17.6 Å². The highest BCUT2D eigenvalue weighted by molar-refractivity contribution is 7.89. The molecule has 4 nitrogen and oxygen atoms in total. The molecule has 0 spiro atoms. The third-order valence-electron chi connectivity index (χ3n) is 1.28. The van der Waals surface area contributed by atoms with Gasteiger partial charge in [0.25, 0.3) is 0 Å². The summed E-state index contributed by atoms with van der Waals surface area (Å²) in [5.74, 6) is -1.21. The van der Waals surface area contributed by atoms with Crippen molar-refractivity contribution in [2.45, 2.75) is 6.18 Å². The molecule has 0 fully saturated rings. The second-order valence-electron chi connectivity index (χ2n) is 2.50. The van der Waals surface area contributed by atoms with Crippen LogP contribution in [0.1, 0.15) is 11.4 Å². The summed E-state index contributed by atoms with van der Waals surface area (Å²) < 4.78 is 50.1. The van der Waals surface area contributed by atoms with Crippen LogP contribution in [0.4, 0.5) is 13.2 Å². The first kappa shape index (κ1) is 11.9. The van der Waals surface area contributed by atoms with Crippen molar-refractivity contribution < 1.29 is 17.7 Å². The SMILES string of the molecule is C[S+]([O-])N=Cc1cnc(C(F)(F)F)nc1. The Morgan fingerprint density at radius 1 is 1.40 bits per heavy atom. The highest BCUT2D eigenvalue weighted by Gasteiger charge is 2.34. The zero-order valence-corrected chi connectivity index (χ0v) is 8.34. The van der Waals surface area contributed by atoms with Crippen LogP contribution in [0, 0.1) is 0 Å². The molecule has 0 amide bonds. The highest BCUT2D eigenvalue weighted by Crippen LogP contribution is 2.25. The second kappa shape index (κ2) is 4.58. The van der Waals surface area contributed by atoms with Gasteiger partial charge < -0.3 is 4.55 Å². The number of nitrogens with zero attached hydrogens (tertiary/aromatic N) is 3. The predicted molar refractivity (Wildman–Crippen MR) is 48.7 cm³/mol. The van der Waals surface area contributed by atoms with Gasteiger partial charge in [-0.2, -0.15) is 13.2 Å². The van der Waals surface area contributed by atoms with Crippen LogP contribution in [0.25, 0.3) is 0 Å². The maximum atomic E-state index is 12.0. The van der Waals surface area contributed by atoms with E-state index in [1.54, 1.807) is 0 Å². The van der Waals surface area contributed by atoms with Crippen LogP contribution < -0.4 is 0 Å². The Balaban J connectivity index is 2.82. The summed E-state index contributed by atoms with van der Waals surface area (Å²) >= 11 is -1.40. The lowest BCUT2D eigenvalue weighted by Gasteiger charge is -2.03. The number of alkyl halides is 3. The molecule has 8 heteroatoms. The summed E-state index contributed by atoms with van der Waals surface area (Å²) in [5, 5.41) is 0. The van der Waals surface area contributed by atoms with E-state index in [1.807, 2.05) is 0 Å². The molecule has 0 aromatic carbocycles. The van der Waals surface area contributed by atoms with Crippen LogP contribution in [0.5, 0.6) is 0 Å². The zero-order valence-electron chi connectivity index (χ0n) is 7.52. The monoisotopic (exact) mass is 237 g/mol. The smallest absolute Gasteiger partial charge is 0.451 e. The van der Waals surface area contributed by atoms with Crippen molar-refractivity contribution in [3.63, 3.8) is 0 Å². The maximum absolute atomic E-state index is 12.0. The molecule has 0 bridgehead atoms. The summed E-state index contributed by atoms with van der Waals surface area (Å²) in [4.78, 5) is 6.20.